The van der Waals surface area contributed by atoms with Crippen molar-refractivity contribution in [1.82, 2.24) is 4.90 Å². The lowest BCUT2D eigenvalue weighted by Gasteiger charge is -2.13. The number of hydrogen-bond acceptors (Lipinski definition) is 5. The highest BCUT2D eigenvalue weighted by Crippen LogP contribution is 2.34. The molecule has 0 radical (unpaired) electrons. The lowest BCUT2D eigenvalue weighted by molar-refractivity contribution is -0.127. The summed E-state index contributed by atoms with van der Waals surface area (Å²) in [5.74, 6) is -3.08. The first-order chi connectivity index (χ1) is 17.2. The van der Waals surface area contributed by atoms with Crippen molar-refractivity contribution in [3.63, 3.8) is 0 Å². The van der Waals surface area contributed by atoms with Gasteiger partial charge in [-0.2, -0.15) is 0 Å². The van der Waals surface area contributed by atoms with Gasteiger partial charge in [0, 0.05) is 6.07 Å². The second kappa shape index (κ2) is 11.0. The minimum Gasteiger partial charge on any atom is -0.488 e. The van der Waals surface area contributed by atoms with Crippen LogP contribution in [0.4, 0.5) is 23.7 Å². The van der Waals surface area contributed by atoms with Crippen molar-refractivity contribution < 1.29 is 32.3 Å². The Morgan fingerprint density at radius 3 is 2.42 bits per heavy atom. The van der Waals surface area contributed by atoms with Crippen molar-refractivity contribution in [2.24, 2.45) is 0 Å². The molecule has 0 unspecified atom stereocenters. The molecule has 3 aromatic carbocycles. The van der Waals surface area contributed by atoms with Gasteiger partial charge in [-0.05, 0) is 81.3 Å². The standard InChI is InChI=1S/C25H16BrF3N2O4S/c26-18-9-15(3-8-21(18)35-13-14-1-4-16(27)5-2-14)10-22-24(33)31(25(34)36-22)12-23(32)30-20-7-6-17(28)11-19(20)29/h1-11H,12-13H2,(H,30,32)/b22-10-. The summed E-state index contributed by atoms with van der Waals surface area (Å²) in [4.78, 5) is 38.1. The molecule has 6 nitrogen and oxygen atoms in total. The third kappa shape index (κ3) is 6.16. The van der Waals surface area contributed by atoms with Gasteiger partial charge in [-0.25, -0.2) is 13.2 Å². The van der Waals surface area contributed by atoms with Gasteiger partial charge in [-0.15, -0.1) is 0 Å². The Labute approximate surface area is 216 Å². The third-order valence-corrected chi connectivity index (χ3v) is 6.47. The van der Waals surface area contributed by atoms with E-state index in [1.165, 1.54) is 18.2 Å². The van der Waals surface area contributed by atoms with Crippen molar-refractivity contribution in [1.29, 1.82) is 0 Å². The number of ether oxygens (including phenoxy) is 1. The molecule has 4 rings (SSSR count). The predicted molar refractivity (Wildman–Crippen MR) is 133 cm³/mol. The molecule has 0 bridgehead atoms. The number of imide groups is 1. The highest BCUT2D eigenvalue weighted by Gasteiger charge is 2.36. The van der Waals surface area contributed by atoms with Crippen molar-refractivity contribution in [3.05, 3.63) is 98.6 Å². The van der Waals surface area contributed by atoms with E-state index in [0.29, 0.717) is 33.6 Å². The van der Waals surface area contributed by atoms with Gasteiger partial charge < -0.3 is 10.1 Å². The van der Waals surface area contributed by atoms with Gasteiger partial charge in [0.25, 0.3) is 11.1 Å². The Morgan fingerprint density at radius 2 is 1.72 bits per heavy atom. The van der Waals surface area contributed by atoms with E-state index in [1.807, 2.05) is 0 Å². The van der Waals surface area contributed by atoms with Gasteiger partial charge >= 0.3 is 0 Å². The fraction of sp³-hybridized carbons (Fsp3) is 0.0800. The number of rotatable bonds is 7. The Morgan fingerprint density at radius 1 is 1.00 bits per heavy atom. The van der Waals surface area contributed by atoms with E-state index < -0.39 is 35.2 Å². The molecule has 36 heavy (non-hydrogen) atoms. The molecule has 184 valence electrons. The monoisotopic (exact) mass is 576 g/mol. The van der Waals surface area contributed by atoms with Crippen molar-refractivity contribution in [2.75, 3.05) is 11.9 Å². The van der Waals surface area contributed by atoms with E-state index in [1.54, 1.807) is 30.3 Å². The molecule has 1 fully saturated rings. The molecule has 0 spiro atoms. The quantitative estimate of drug-likeness (QED) is 0.343. The third-order valence-electron chi connectivity index (χ3n) is 4.94. The van der Waals surface area contributed by atoms with Crippen molar-refractivity contribution >= 4 is 56.5 Å². The van der Waals surface area contributed by atoms with E-state index in [0.717, 1.165) is 22.6 Å². The summed E-state index contributed by atoms with van der Waals surface area (Å²) in [6.45, 7) is -0.403. The SMILES string of the molecule is O=C(CN1C(=O)S/C(=C\c2ccc(OCc3ccc(F)cc3)c(Br)c2)C1=O)Nc1ccc(F)cc1F. The molecule has 1 aliphatic rings. The van der Waals surface area contributed by atoms with E-state index in [2.05, 4.69) is 21.2 Å². The zero-order valence-electron chi connectivity index (χ0n) is 18.3. The maximum Gasteiger partial charge on any atom is 0.294 e. The first kappa shape index (κ1) is 25.5. The highest BCUT2D eigenvalue weighted by molar-refractivity contribution is 9.10. The Hall–Kier alpha value is -3.57. The molecule has 3 aromatic rings. The maximum absolute atomic E-state index is 13.8. The zero-order chi connectivity index (χ0) is 25.8. The lowest BCUT2D eigenvalue weighted by Crippen LogP contribution is -2.36. The summed E-state index contributed by atoms with van der Waals surface area (Å²) >= 11 is 4.07. The van der Waals surface area contributed by atoms with Crippen LogP contribution in [0.25, 0.3) is 6.08 Å². The summed E-state index contributed by atoms with van der Waals surface area (Å²) in [5, 5.41) is 1.56. The summed E-state index contributed by atoms with van der Waals surface area (Å²) in [6.07, 6.45) is 1.50. The van der Waals surface area contributed by atoms with E-state index in [9.17, 15) is 27.6 Å². The average Bonchev–Trinajstić information content (AvgIpc) is 3.08. The Kier molecular flexibility index (Phi) is 7.80. The Balaban J connectivity index is 1.40. The summed E-state index contributed by atoms with van der Waals surface area (Å²) < 4.78 is 46.1. The fourth-order valence-corrected chi connectivity index (χ4v) is 4.53. The number of halogens is 4. The minimum atomic E-state index is -0.979. The van der Waals surface area contributed by atoms with Crippen LogP contribution in [0.15, 0.2) is 70.0 Å². The number of benzene rings is 3. The molecular formula is C25H16BrF3N2O4S. The van der Waals surface area contributed by atoms with E-state index >= 15 is 0 Å². The normalized spacial score (nSPS) is 14.4. The number of thioether (sulfide) groups is 1. The van der Waals surface area contributed by atoms with E-state index in [4.69, 9.17) is 4.74 Å². The molecule has 1 saturated heterocycles. The second-order valence-electron chi connectivity index (χ2n) is 7.55. The molecule has 0 aromatic heterocycles. The number of nitrogens with zero attached hydrogens (tertiary/aromatic N) is 1. The number of carbonyl (C=O) groups excluding carboxylic acids is 3. The molecular weight excluding hydrogens is 561 g/mol. The summed E-state index contributed by atoms with van der Waals surface area (Å²) in [6, 6.07) is 13.6. The van der Waals surface area contributed by atoms with Crippen LogP contribution in [0.1, 0.15) is 11.1 Å². The summed E-state index contributed by atoms with van der Waals surface area (Å²) in [5.41, 5.74) is 1.11. The maximum atomic E-state index is 13.8. The average molecular weight is 577 g/mol. The fourth-order valence-electron chi connectivity index (χ4n) is 3.18. The molecule has 11 heteroatoms. The van der Waals surface area contributed by atoms with Crippen LogP contribution >= 0.6 is 27.7 Å². The van der Waals surface area contributed by atoms with Crippen LogP contribution in [0.2, 0.25) is 0 Å². The van der Waals surface area contributed by atoms with Gasteiger partial charge in [0.15, 0.2) is 0 Å². The number of carbonyl (C=O) groups is 3. The zero-order valence-corrected chi connectivity index (χ0v) is 20.7. The van der Waals surface area contributed by atoms with Gasteiger partial charge in [0.2, 0.25) is 5.91 Å². The van der Waals surface area contributed by atoms with Crippen LogP contribution in [-0.4, -0.2) is 28.5 Å². The number of anilines is 1. The molecule has 1 heterocycles. The molecule has 1 N–H and O–H groups in total. The van der Waals surface area contributed by atoms with Gasteiger partial charge in [-0.1, -0.05) is 18.2 Å². The van der Waals surface area contributed by atoms with Gasteiger partial charge in [-0.3, -0.25) is 19.3 Å². The molecule has 3 amide bonds. The van der Waals surface area contributed by atoms with Crippen LogP contribution in [-0.2, 0) is 16.2 Å². The van der Waals surface area contributed by atoms with Gasteiger partial charge in [0.05, 0.1) is 15.1 Å². The first-order valence-corrected chi connectivity index (χ1v) is 12.0. The molecule has 1 aliphatic heterocycles. The topological polar surface area (TPSA) is 75.7 Å². The largest absolute Gasteiger partial charge is 0.488 e. The first-order valence-electron chi connectivity index (χ1n) is 10.4. The smallest absolute Gasteiger partial charge is 0.294 e. The van der Waals surface area contributed by atoms with Crippen LogP contribution < -0.4 is 10.1 Å². The van der Waals surface area contributed by atoms with E-state index in [-0.39, 0.29) is 23.0 Å². The molecule has 0 atom stereocenters. The van der Waals surface area contributed by atoms with Crippen LogP contribution in [0, 0.1) is 17.5 Å². The lowest BCUT2D eigenvalue weighted by atomic mass is 10.2. The Bertz CT molecular complexity index is 1380. The summed E-state index contributed by atoms with van der Waals surface area (Å²) in [7, 11) is 0. The van der Waals surface area contributed by atoms with Crippen LogP contribution in [0.5, 0.6) is 5.75 Å². The van der Waals surface area contributed by atoms with Gasteiger partial charge in [0.1, 0.15) is 36.4 Å². The number of nitrogens with one attached hydrogen (secondary N) is 1. The predicted octanol–water partition coefficient (Wildman–Crippen LogP) is 6.12. The van der Waals surface area contributed by atoms with Crippen LogP contribution in [0.3, 0.4) is 0 Å². The molecule has 0 aliphatic carbocycles. The molecule has 0 saturated carbocycles. The van der Waals surface area contributed by atoms with Crippen molar-refractivity contribution in [3.8, 4) is 5.75 Å². The minimum absolute atomic E-state index is 0.104. The van der Waals surface area contributed by atoms with Crippen molar-refractivity contribution in [2.45, 2.75) is 6.61 Å². The number of amides is 3. The number of hydrogen-bond donors (Lipinski definition) is 1. The highest BCUT2D eigenvalue weighted by atomic mass is 79.9. The second-order valence-corrected chi connectivity index (χ2v) is 9.39.